The summed E-state index contributed by atoms with van der Waals surface area (Å²) in [5.41, 5.74) is 18.3. The highest BCUT2D eigenvalue weighted by Crippen LogP contribution is 2.25. The van der Waals surface area contributed by atoms with Crippen molar-refractivity contribution in [2.75, 3.05) is 44.0 Å². The van der Waals surface area contributed by atoms with E-state index in [1.807, 2.05) is 33.0 Å². The number of hydrogen-bond acceptors (Lipinski definition) is 5. The lowest BCUT2D eigenvalue weighted by Gasteiger charge is -2.18. The predicted octanol–water partition coefficient (Wildman–Crippen LogP) is 4.84. The topological polar surface area (TPSA) is 102 Å². The van der Waals surface area contributed by atoms with Gasteiger partial charge in [0, 0.05) is 12.2 Å². The van der Waals surface area contributed by atoms with Crippen molar-refractivity contribution >= 4 is 17.1 Å². The Hall–Kier alpha value is -1.46. The number of nitrogens with two attached hydrogens (primary N) is 3. The molecule has 0 aromatic heterocycles. The Bertz CT molecular complexity index is 417. The van der Waals surface area contributed by atoms with E-state index in [0.717, 1.165) is 31.1 Å². The van der Waals surface area contributed by atoms with Crippen LogP contribution in [0.1, 0.15) is 72.1 Å². The number of rotatable bonds is 7. The third kappa shape index (κ3) is 15.3. The molecule has 1 fully saturated rings. The molecule has 5 heteroatoms. The highest BCUT2D eigenvalue weighted by atomic mass is 14.9. The lowest BCUT2D eigenvalue weighted by atomic mass is 9.88. The minimum absolute atomic E-state index is 0.702. The van der Waals surface area contributed by atoms with E-state index in [2.05, 4.69) is 23.3 Å². The van der Waals surface area contributed by atoms with E-state index >= 15 is 0 Å². The van der Waals surface area contributed by atoms with E-state index in [4.69, 9.17) is 11.5 Å². The summed E-state index contributed by atoms with van der Waals surface area (Å²) >= 11 is 0. The van der Waals surface area contributed by atoms with Crippen LogP contribution in [0.4, 0.5) is 17.1 Å². The van der Waals surface area contributed by atoms with E-state index in [9.17, 15) is 0 Å². The van der Waals surface area contributed by atoms with Gasteiger partial charge in [0.05, 0.1) is 11.4 Å². The quantitative estimate of drug-likeness (QED) is 0.343. The van der Waals surface area contributed by atoms with Gasteiger partial charge in [-0.15, -0.1) is 0 Å². The maximum absolute atomic E-state index is 5.81. The largest absolute Gasteiger partial charge is 0.399 e. The summed E-state index contributed by atoms with van der Waals surface area (Å²) in [7, 11) is 3.46. The summed E-state index contributed by atoms with van der Waals surface area (Å²) in [6, 6.07) is 5.55. The van der Waals surface area contributed by atoms with Crippen LogP contribution < -0.4 is 27.8 Å². The molecule has 0 amide bonds. The first-order valence-electron chi connectivity index (χ1n) is 10.8. The average Bonchev–Trinajstić information content (AvgIpc) is 2.73. The molecular weight excluding hydrogens is 334 g/mol. The van der Waals surface area contributed by atoms with E-state index in [-0.39, 0.29) is 0 Å². The maximum atomic E-state index is 5.81. The van der Waals surface area contributed by atoms with Crippen molar-refractivity contribution < 1.29 is 0 Å². The Balaban J connectivity index is 0. The third-order valence-corrected chi connectivity index (χ3v) is 4.55. The molecule has 1 aliphatic rings. The molecule has 1 aromatic rings. The van der Waals surface area contributed by atoms with Gasteiger partial charge in [-0.3, -0.25) is 0 Å². The summed E-state index contributed by atoms with van der Waals surface area (Å²) in [4.78, 5) is 0. The second-order valence-corrected chi connectivity index (χ2v) is 6.50. The molecule has 0 saturated heterocycles. The third-order valence-electron chi connectivity index (χ3n) is 4.55. The van der Waals surface area contributed by atoms with Gasteiger partial charge >= 0.3 is 0 Å². The molecule has 2 rings (SSSR count). The van der Waals surface area contributed by atoms with Crippen LogP contribution in [0.3, 0.4) is 0 Å². The molecule has 0 aliphatic heterocycles. The molecular formula is C22H47N5. The Morgan fingerprint density at radius 1 is 0.963 bits per heavy atom. The van der Waals surface area contributed by atoms with Gasteiger partial charge < -0.3 is 27.8 Å². The van der Waals surface area contributed by atoms with Crippen LogP contribution in [0.15, 0.2) is 18.2 Å². The van der Waals surface area contributed by atoms with Crippen LogP contribution in [-0.4, -0.2) is 27.2 Å². The van der Waals surface area contributed by atoms with Gasteiger partial charge in [0.2, 0.25) is 0 Å². The van der Waals surface area contributed by atoms with Crippen molar-refractivity contribution in [1.29, 1.82) is 0 Å². The number of nitrogen functional groups attached to an aromatic ring is 2. The van der Waals surface area contributed by atoms with Crippen molar-refractivity contribution in [2.24, 2.45) is 11.7 Å². The monoisotopic (exact) mass is 381 g/mol. The fourth-order valence-corrected chi connectivity index (χ4v) is 2.99. The van der Waals surface area contributed by atoms with Gasteiger partial charge in [0.15, 0.2) is 0 Å². The van der Waals surface area contributed by atoms with Crippen molar-refractivity contribution in [3.8, 4) is 0 Å². The van der Waals surface area contributed by atoms with Gasteiger partial charge in [-0.1, -0.05) is 59.3 Å². The van der Waals surface area contributed by atoms with Crippen LogP contribution in [-0.2, 0) is 0 Å². The van der Waals surface area contributed by atoms with Crippen LogP contribution in [0.2, 0.25) is 0 Å². The SMILES string of the molecule is CC.CCC1CCCCC1.CN.CNCCCCNc1ccc(N)cc1N. The molecule has 160 valence electrons. The number of hydrogen-bond donors (Lipinski definition) is 5. The van der Waals surface area contributed by atoms with Crippen molar-refractivity contribution in [3.05, 3.63) is 18.2 Å². The molecule has 0 radical (unpaired) electrons. The zero-order valence-electron chi connectivity index (χ0n) is 18.6. The normalized spacial score (nSPS) is 13.1. The lowest BCUT2D eigenvalue weighted by molar-refractivity contribution is 0.349. The molecule has 0 atom stereocenters. The second kappa shape index (κ2) is 20.8. The Morgan fingerprint density at radius 3 is 2.04 bits per heavy atom. The summed E-state index contributed by atoms with van der Waals surface area (Å²) in [6.45, 7) is 8.31. The van der Waals surface area contributed by atoms with E-state index in [0.29, 0.717) is 11.4 Å². The van der Waals surface area contributed by atoms with Gasteiger partial charge in [-0.25, -0.2) is 0 Å². The van der Waals surface area contributed by atoms with E-state index in [1.54, 1.807) is 6.07 Å². The Morgan fingerprint density at radius 2 is 1.56 bits per heavy atom. The molecule has 1 aliphatic carbocycles. The van der Waals surface area contributed by atoms with E-state index < -0.39 is 0 Å². The highest BCUT2D eigenvalue weighted by molar-refractivity contribution is 5.70. The molecule has 1 aromatic carbocycles. The second-order valence-electron chi connectivity index (χ2n) is 6.50. The van der Waals surface area contributed by atoms with E-state index in [1.165, 1.54) is 52.0 Å². The molecule has 0 heterocycles. The van der Waals surface area contributed by atoms with Gasteiger partial charge in [-0.2, -0.15) is 0 Å². The van der Waals surface area contributed by atoms with Gasteiger partial charge in [0.1, 0.15) is 0 Å². The summed E-state index contributed by atoms with van der Waals surface area (Å²) < 4.78 is 0. The average molecular weight is 382 g/mol. The molecule has 1 saturated carbocycles. The first-order valence-corrected chi connectivity index (χ1v) is 10.8. The number of unbranched alkanes of at least 4 members (excludes halogenated alkanes) is 1. The fraction of sp³-hybridized carbons (Fsp3) is 0.727. The molecule has 0 bridgehead atoms. The van der Waals surface area contributed by atoms with Gasteiger partial charge in [0.25, 0.3) is 0 Å². The van der Waals surface area contributed by atoms with Gasteiger partial charge in [-0.05, 0) is 57.6 Å². The highest BCUT2D eigenvalue weighted by Gasteiger charge is 2.09. The maximum Gasteiger partial charge on any atom is 0.0575 e. The van der Waals surface area contributed by atoms with Crippen LogP contribution in [0.25, 0.3) is 0 Å². The first kappa shape index (κ1) is 27.8. The first-order chi connectivity index (χ1) is 13.2. The molecule has 0 unspecified atom stereocenters. The lowest BCUT2D eigenvalue weighted by Crippen LogP contribution is -2.10. The number of anilines is 3. The number of benzene rings is 1. The Kier molecular flexibility index (Phi) is 21.4. The summed E-state index contributed by atoms with van der Waals surface area (Å²) in [6.07, 6.45) is 11.2. The minimum Gasteiger partial charge on any atom is -0.399 e. The fourth-order valence-electron chi connectivity index (χ4n) is 2.99. The Labute approximate surface area is 168 Å². The predicted molar refractivity (Wildman–Crippen MR) is 125 cm³/mol. The summed E-state index contributed by atoms with van der Waals surface area (Å²) in [5, 5.41) is 6.41. The van der Waals surface area contributed by atoms with Crippen molar-refractivity contribution in [3.63, 3.8) is 0 Å². The van der Waals surface area contributed by atoms with Crippen molar-refractivity contribution in [1.82, 2.24) is 5.32 Å². The minimum atomic E-state index is 0.702. The summed E-state index contributed by atoms with van der Waals surface area (Å²) in [5.74, 6) is 1.09. The molecule has 5 nitrogen and oxygen atoms in total. The van der Waals surface area contributed by atoms with Crippen LogP contribution in [0.5, 0.6) is 0 Å². The number of nitrogens with one attached hydrogen (secondary N) is 2. The van der Waals surface area contributed by atoms with Crippen LogP contribution >= 0.6 is 0 Å². The molecule has 0 spiro atoms. The standard InChI is InChI=1S/C11H20N4.C8H16.C2H6.CH5N/c1-14-6-2-3-7-15-11-5-4-9(12)8-10(11)13;1-2-8-6-4-3-5-7-8;2*1-2/h4-5,8,14-15H,2-3,6-7,12-13H2,1H3;8H,2-7H2,1H3;1-2H3;2H2,1H3. The zero-order chi connectivity index (χ0) is 20.9. The zero-order valence-corrected chi connectivity index (χ0v) is 18.6. The molecule has 8 N–H and O–H groups in total. The molecule has 27 heavy (non-hydrogen) atoms. The van der Waals surface area contributed by atoms with Crippen molar-refractivity contribution in [2.45, 2.75) is 72.1 Å². The van der Waals surface area contributed by atoms with Crippen LogP contribution in [0, 0.1) is 5.92 Å². The smallest absolute Gasteiger partial charge is 0.0575 e.